The van der Waals surface area contributed by atoms with Gasteiger partial charge in [0.25, 0.3) is 5.91 Å². The Bertz CT molecular complexity index is 814. The first-order valence-electron chi connectivity index (χ1n) is 8.06. The molecule has 0 bridgehead atoms. The number of halogens is 1. The van der Waals surface area contributed by atoms with Crippen LogP contribution in [0.1, 0.15) is 47.9 Å². The van der Waals surface area contributed by atoms with Crippen LogP contribution in [0.4, 0.5) is 5.69 Å². The summed E-state index contributed by atoms with van der Waals surface area (Å²) in [5.74, 6) is -0.457. The van der Waals surface area contributed by atoms with Gasteiger partial charge in [-0.25, -0.2) is 0 Å². The molecule has 9 nitrogen and oxygen atoms in total. The molecule has 3 heterocycles. The first-order valence-corrected chi connectivity index (χ1v) is 8.44. The Morgan fingerprint density at radius 2 is 1.96 bits per heavy atom. The summed E-state index contributed by atoms with van der Waals surface area (Å²) in [5, 5.41) is 20.1. The van der Waals surface area contributed by atoms with Crippen LogP contribution in [0.3, 0.4) is 0 Å². The van der Waals surface area contributed by atoms with Crippen molar-refractivity contribution in [3.63, 3.8) is 0 Å². The van der Waals surface area contributed by atoms with Gasteiger partial charge in [-0.05, 0) is 12.8 Å². The fourth-order valence-corrected chi connectivity index (χ4v) is 3.54. The Morgan fingerprint density at radius 3 is 2.60 bits per heavy atom. The number of carbonyl (C=O) groups is 1. The molecule has 134 valence electrons. The molecule has 0 saturated carbocycles. The zero-order valence-electron chi connectivity index (χ0n) is 14.1. The number of likely N-dealkylation sites (tertiary alicyclic amines) is 1. The molecule has 0 radical (unpaired) electrons. The summed E-state index contributed by atoms with van der Waals surface area (Å²) in [6.07, 6.45) is 6.39. The van der Waals surface area contributed by atoms with E-state index in [1.165, 1.54) is 10.9 Å². The number of nitrogens with zero attached hydrogens (tertiary/aromatic N) is 6. The van der Waals surface area contributed by atoms with Gasteiger partial charge in [0, 0.05) is 26.8 Å². The van der Waals surface area contributed by atoms with Crippen molar-refractivity contribution < 1.29 is 9.72 Å². The largest absolute Gasteiger partial charge is 0.328 e. The molecule has 1 atom stereocenters. The molecule has 1 aliphatic rings. The molecule has 25 heavy (non-hydrogen) atoms. The lowest BCUT2D eigenvalue weighted by molar-refractivity contribution is -0.385. The van der Waals surface area contributed by atoms with E-state index in [1.54, 1.807) is 29.9 Å². The Kier molecular flexibility index (Phi) is 4.76. The van der Waals surface area contributed by atoms with Gasteiger partial charge >= 0.3 is 5.69 Å². The molecule has 1 aliphatic heterocycles. The lowest BCUT2D eigenvalue weighted by Crippen LogP contribution is -2.36. The first-order chi connectivity index (χ1) is 11.9. The van der Waals surface area contributed by atoms with Crippen molar-refractivity contribution in [2.75, 3.05) is 6.54 Å². The van der Waals surface area contributed by atoms with Crippen molar-refractivity contribution >= 4 is 23.2 Å². The molecule has 1 saturated heterocycles. The Morgan fingerprint density at radius 1 is 1.24 bits per heavy atom. The van der Waals surface area contributed by atoms with Crippen LogP contribution >= 0.6 is 11.6 Å². The van der Waals surface area contributed by atoms with E-state index < -0.39 is 10.8 Å². The zero-order chi connectivity index (χ0) is 18.1. The van der Waals surface area contributed by atoms with E-state index >= 15 is 0 Å². The highest BCUT2D eigenvalue weighted by atomic mass is 35.5. The van der Waals surface area contributed by atoms with Crippen LogP contribution in [-0.4, -0.2) is 41.8 Å². The minimum Gasteiger partial charge on any atom is -0.328 e. The maximum Gasteiger partial charge on any atom is 0.320 e. The molecule has 2 aromatic heterocycles. The quantitative estimate of drug-likeness (QED) is 0.613. The third kappa shape index (κ3) is 3.37. The van der Waals surface area contributed by atoms with Crippen LogP contribution in [0.2, 0.25) is 5.02 Å². The average Bonchev–Trinajstić information content (AvgIpc) is 2.99. The van der Waals surface area contributed by atoms with Crippen molar-refractivity contribution in [3.8, 4) is 0 Å². The SMILES string of the molecule is Cn1cc([N+](=O)[O-])c(C(=O)N2CCCCC[C@@H]2c2nn(C)cc2Cl)n1. The molecule has 0 N–H and O–H groups in total. The molecular weight excluding hydrogens is 348 g/mol. The number of carbonyl (C=O) groups excluding carboxylic acids is 1. The van der Waals surface area contributed by atoms with E-state index in [0.717, 1.165) is 19.3 Å². The Labute approximate surface area is 149 Å². The van der Waals surface area contributed by atoms with Crippen LogP contribution in [0.15, 0.2) is 12.4 Å². The van der Waals surface area contributed by atoms with Crippen molar-refractivity contribution in [3.05, 3.63) is 38.9 Å². The van der Waals surface area contributed by atoms with E-state index in [1.807, 2.05) is 0 Å². The van der Waals surface area contributed by atoms with Gasteiger partial charge in [-0.15, -0.1) is 0 Å². The summed E-state index contributed by atoms with van der Waals surface area (Å²) in [6, 6.07) is -0.315. The first kappa shape index (κ1) is 17.4. The molecule has 1 fully saturated rings. The van der Waals surface area contributed by atoms with Gasteiger partial charge in [0.15, 0.2) is 0 Å². The minimum absolute atomic E-state index is 0.147. The molecular formula is C15H19ClN6O3. The van der Waals surface area contributed by atoms with Gasteiger partial charge in [-0.1, -0.05) is 24.4 Å². The van der Waals surface area contributed by atoms with Crippen LogP contribution in [0, 0.1) is 10.1 Å². The van der Waals surface area contributed by atoms with E-state index in [-0.39, 0.29) is 17.4 Å². The molecule has 0 aromatic carbocycles. The number of aryl methyl sites for hydroxylation is 2. The number of amides is 1. The van der Waals surface area contributed by atoms with Gasteiger partial charge in [-0.3, -0.25) is 24.3 Å². The van der Waals surface area contributed by atoms with E-state index in [0.29, 0.717) is 23.7 Å². The lowest BCUT2D eigenvalue weighted by Gasteiger charge is -2.28. The number of aromatic nitrogens is 4. The second-order valence-electron chi connectivity index (χ2n) is 6.19. The van der Waals surface area contributed by atoms with Gasteiger partial charge in [0.2, 0.25) is 5.69 Å². The van der Waals surface area contributed by atoms with Crippen molar-refractivity contribution in [1.82, 2.24) is 24.5 Å². The molecule has 2 aromatic rings. The summed E-state index contributed by atoms with van der Waals surface area (Å²) >= 11 is 6.28. The normalized spacial score (nSPS) is 18.2. The summed E-state index contributed by atoms with van der Waals surface area (Å²) in [5.41, 5.74) is 0.187. The highest BCUT2D eigenvalue weighted by Crippen LogP contribution is 2.34. The fourth-order valence-electron chi connectivity index (χ4n) is 3.24. The van der Waals surface area contributed by atoms with Gasteiger partial charge < -0.3 is 4.90 Å². The van der Waals surface area contributed by atoms with Crippen LogP contribution in [0.25, 0.3) is 0 Å². The van der Waals surface area contributed by atoms with E-state index in [9.17, 15) is 14.9 Å². The van der Waals surface area contributed by atoms with Crippen LogP contribution in [0.5, 0.6) is 0 Å². The minimum atomic E-state index is -0.583. The summed E-state index contributed by atoms with van der Waals surface area (Å²) in [4.78, 5) is 25.3. The predicted molar refractivity (Wildman–Crippen MR) is 90.3 cm³/mol. The molecule has 0 spiro atoms. The second kappa shape index (κ2) is 6.83. The van der Waals surface area contributed by atoms with Crippen molar-refractivity contribution in [2.45, 2.75) is 31.7 Å². The highest BCUT2D eigenvalue weighted by Gasteiger charge is 2.35. The zero-order valence-corrected chi connectivity index (χ0v) is 14.8. The van der Waals surface area contributed by atoms with Gasteiger partial charge in [-0.2, -0.15) is 10.2 Å². The number of hydrogen-bond donors (Lipinski definition) is 0. The van der Waals surface area contributed by atoms with Gasteiger partial charge in [0.1, 0.15) is 11.9 Å². The fraction of sp³-hybridized carbons (Fsp3) is 0.533. The van der Waals surface area contributed by atoms with Gasteiger partial charge in [0.05, 0.1) is 16.0 Å². The van der Waals surface area contributed by atoms with Crippen molar-refractivity contribution in [2.24, 2.45) is 14.1 Å². The standard InChI is InChI=1S/C15H19ClN6O3/c1-19-8-10(16)13(17-19)11-6-4-3-5-7-21(11)15(23)14-12(22(24)25)9-20(2)18-14/h8-9,11H,3-7H2,1-2H3/t11-/m1/s1. The second-order valence-corrected chi connectivity index (χ2v) is 6.60. The van der Waals surface area contributed by atoms with Crippen LogP contribution in [-0.2, 0) is 14.1 Å². The maximum absolute atomic E-state index is 13.1. The van der Waals surface area contributed by atoms with E-state index in [4.69, 9.17) is 11.6 Å². The van der Waals surface area contributed by atoms with E-state index in [2.05, 4.69) is 10.2 Å². The Balaban J connectivity index is 2.01. The monoisotopic (exact) mass is 366 g/mol. The highest BCUT2D eigenvalue weighted by molar-refractivity contribution is 6.31. The third-order valence-corrected chi connectivity index (χ3v) is 4.64. The smallest absolute Gasteiger partial charge is 0.320 e. The topological polar surface area (TPSA) is 99.1 Å². The summed E-state index contributed by atoms with van der Waals surface area (Å²) in [6.45, 7) is 0.490. The number of nitro groups is 1. The Hall–Kier alpha value is -2.42. The summed E-state index contributed by atoms with van der Waals surface area (Å²) in [7, 11) is 3.32. The lowest BCUT2D eigenvalue weighted by atomic mass is 10.1. The van der Waals surface area contributed by atoms with Crippen LogP contribution < -0.4 is 0 Å². The summed E-state index contributed by atoms with van der Waals surface area (Å²) < 4.78 is 2.89. The molecule has 10 heteroatoms. The molecule has 3 rings (SSSR count). The van der Waals surface area contributed by atoms with Crippen molar-refractivity contribution in [1.29, 1.82) is 0 Å². The predicted octanol–water partition coefficient (Wildman–Crippen LogP) is 2.47. The molecule has 0 unspecified atom stereocenters. The molecule has 1 amide bonds. The average molecular weight is 367 g/mol. The third-order valence-electron chi connectivity index (χ3n) is 4.35. The number of rotatable bonds is 3. The maximum atomic E-state index is 13.1. The molecule has 0 aliphatic carbocycles. The number of hydrogen-bond acceptors (Lipinski definition) is 5.